The van der Waals surface area contributed by atoms with E-state index in [0.717, 1.165) is 24.8 Å². The molecule has 0 aliphatic heterocycles. The van der Waals surface area contributed by atoms with Crippen molar-refractivity contribution in [2.24, 2.45) is 5.92 Å². The van der Waals surface area contributed by atoms with Crippen LogP contribution in [0.5, 0.6) is 0 Å². The second-order valence-corrected chi connectivity index (χ2v) is 7.34. The molecule has 1 heterocycles. The minimum atomic E-state index is -0.657. The minimum absolute atomic E-state index is 0.00196. The van der Waals surface area contributed by atoms with Crippen LogP contribution in [0.4, 0.5) is 10.1 Å². The van der Waals surface area contributed by atoms with Crippen molar-refractivity contribution in [1.29, 1.82) is 0 Å². The molecule has 0 atom stereocenters. The van der Waals surface area contributed by atoms with Gasteiger partial charge in [0, 0.05) is 28.2 Å². The average molecular weight is 385 g/mol. The number of carbonyl (C=O) groups is 2. The van der Waals surface area contributed by atoms with Crippen LogP contribution in [0.25, 0.3) is 10.9 Å². The number of aromatic amines is 1. The predicted molar refractivity (Wildman–Crippen MR) is 104 cm³/mol. The Bertz CT molecular complexity index is 1050. The van der Waals surface area contributed by atoms with Crippen LogP contribution in [0.1, 0.15) is 40.9 Å². The molecule has 4 nitrogen and oxygen atoms in total. The highest BCUT2D eigenvalue weighted by Gasteiger charge is 2.26. The molecule has 0 spiro atoms. The van der Waals surface area contributed by atoms with Gasteiger partial charge in [-0.25, -0.2) is 4.39 Å². The van der Waals surface area contributed by atoms with Crippen molar-refractivity contribution in [2.75, 3.05) is 5.32 Å². The Morgan fingerprint density at radius 2 is 1.96 bits per heavy atom. The predicted octanol–water partition coefficient (Wildman–Crippen LogP) is 5.24. The first-order valence-electron chi connectivity index (χ1n) is 8.87. The van der Waals surface area contributed by atoms with E-state index >= 15 is 0 Å². The summed E-state index contributed by atoms with van der Waals surface area (Å²) in [5, 5.41) is 3.61. The molecule has 0 saturated heterocycles. The third kappa shape index (κ3) is 3.12. The lowest BCUT2D eigenvalue weighted by Gasteiger charge is -2.24. The zero-order valence-corrected chi connectivity index (χ0v) is 15.5. The number of H-pyrrole nitrogens is 1. The van der Waals surface area contributed by atoms with Gasteiger partial charge in [0.2, 0.25) is 5.91 Å². The maximum Gasteiger partial charge on any atom is 0.227 e. The van der Waals surface area contributed by atoms with Gasteiger partial charge in [0.15, 0.2) is 5.78 Å². The smallest absolute Gasteiger partial charge is 0.227 e. The Labute approximate surface area is 160 Å². The van der Waals surface area contributed by atoms with Crippen molar-refractivity contribution >= 4 is 39.9 Å². The summed E-state index contributed by atoms with van der Waals surface area (Å²) in [5.41, 5.74) is 2.19. The van der Waals surface area contributed by atoms with Gasteiger partial charge in [0.05, 0.1) is 16.1 Å². The van der Waals surface area contributed by atoms with Crippen molar-refractivity contribution in [3.8, 4) is 0 Å². The van der Waals surface area contributed by atoms with Gasteiger partial charge in [0.1, 0.15) is 5.82 Å². The van der Waals surface area contributed by atoms with Crippen molar-refractivity contribution in [1.82, 2.24) is 4.98 Å². The largest absolute Gasteiger partial charge is 0.358 e. The highest BCUT2D eigenvalue weighted by Crippen LogP contribution is 2.32. The Morgan fingerprint density at radius 1 is 1.19 bits per heavy atom. The fourth-order valence-electron chi connectivity index (χ4n) is 3.45. The van der Waals surface area contributed by atoms with Crippen LogP contribution in [0.15, 0.2) is 36.4 Å². The zero-order chi connectivity index (χ0) is 19.1. The molecule has 1 aliphatic carbocycles. The number of hydrogen-bond acceptors (Lipinski definition) is 2. The fraction of sp³-hybridized carbons (Fsp3) is 0.238. The van der Waals surface area contributed by atoms with E-state index in [2.05, 4.69) is 10.3 Å². The van der Waals surface area contributed by atoms with Crippen LogP contribution in [0.2, 0.25) is 5.02 Å². The number of ketones is 1. The monoisotopic (exact) mass is 384 g/mol. The normalized spacial score (nSPS) is 14.2. The molecule has 27 heavy (non-hydrogen) atoms. The second-order valence-electron chi connectivity index (χ2n) is 6.93. The van der Waals surface area contributed by atoms with Crippen LogP contribution in [0.3, 0.4) is 0 Å². The molecule has 2 N–H and O–H groups in total. The van der Waals surface area contributed by atoms with Crippen LogP contribution in [-0.2, 0) is 4.79 Å². The maximum absolute atomic E-state index is 14.2. The molecule has 0 radical (unpaired) electrons. The summed E-state index contributed by atoms with van der Waals surface area (Å²) in [5.74, 6) is -1.08. The van der Waals surface area contributed by atoms with E-state index in [4.69, 9.17) is 11.6 Å². The zero-order valence-electron chi connectivity index (χ0n) is 14.7. The molecule has 2 aromatic carbocycles. The molecule has 138 valence electrons. The van der Waals surface area contributed by atoms with E-state index in [-0.39, 0.29) is 22.4 Å². The number of halogens is 2. The Balaban J connectivity index is 1.76. The minimum Gasteiger partial charge on any atom is -0.358 e. The molecule has 1 aliphatic rings. The molecular weight excluding hydrogens is 367 g/mol. The van der Waals surface area contributed by atoms with Crippen LogP contribution in [-0.4, -0.2) is 16.7 Å². The Morgan fingerprint density at radius 3 is 2.63 bits per heavy atom. The quantitative estimate of drug-likeness (QED) is 0.604. The van der Waals surface area contributed by atoms with Gasteiger partial charge in [-0.2, -0.15) is 0 Å². The molecule has 6 heteroatoms. The van der Waals surface area contributed by atoms with E-state index in [9.17, 15) is 14.0 Å². The lowest BCUT2D eigenvalue weighted by molar-refractivity contribution is -0.122. The molecule has 1 aromatic heterocycles. The number of rotatable bonds is 4. The number of aryl methyl sites for hydroxylation is 1. The van der Waals surface area contributed by atoms with Gasteiger partial charge in [-0.05, 0) is 50.1 Å². The average Bonchev–Trinajstić information content (AvgIpc) is 2.88. The lowest BCUT2D eigenvalue weighted by Crippen LogP contribution is -2.27. The van der Waals surface area contributed by atoms with E-state index in [1.54, 1.807) is 25.1 Å². The van der Waals surface area contributed by atoms with Crippen LogP contribution < -0.4 is 5.32 Å². The molecule has 1 saturated carbocycles. The maximum atomic E-state index is 14.2. The summed E-state index contributed by atoms with van der Waals surface area (Å²) < 4.78 is 14.2. The first kappa shape index (κ1) is 17.7. The molecule has 0 unspecified atom stereocenters. The molecular formula is C21H18ClFN2O2. The van der Waals surface area contributed by atoms with Crippen molar-refractivity contribution in [3.63, 3.8) is 0 Å². The van der Waals surface area contributed by atoms with E-state index < -0.39 is 11.6 Å². The van der Waals surface area contributed by atoms with Crippen molar-refractivity contribution < 1.29 is 14.0 Å². The SMILES string of the molecule is Cc1[nH]c2ccc(NC(=O)C3CCC3)cc2c1C(=O)c1c(F)cccc1Cl. The summed E-state index contributed by atoms with van der Waals surface area (Å²) in [6.45, 7) is 1.76. The fourth-order valence-corrected chi connectivity index (χ4v) is 3.70. The second kappa shape index (κ2) is 6.82. The highest BCUT2D eigenvalue weighted by molar-refractivity contribution is 6.35. The highest BCUT2D eigenvalue weighted by atomic mass is 35.5. The first-order chi connectivity index (χ1) is 13.0. The van der Waals surface area contributed by atoms with Gasteiger partial charge in [0.25, 0.3) is 0 Å². The molecule has 4 rings (SSSR count). The summed E-state index contributed by atoms with van der Waals surface area (Å²) >= 11 is 6.07. The van der Waals surface area contributed by atoms with Crippen LogP contribution >= 0.6 is 11.6 Å². The van der Waals surface area contributed by atoms with Crippen LogP contribution in [0, 0.1) is 18.7 Å². The number of benzene rings is 2. The summed E-state index contributed by atoms with van der Waals surface area (Å²) in [7, 11) is 0. The van der Waals surface area contributed by atoms with Crippen molar-refractivity contribution in [2.45, 2.75) is 26.2 Å². The number of anilines is 1. The molecule has 0 bridgehead atoms. The van der Waals surface area contributed by atoms with E-state index in [1.165, 1.54) is 18.2 Å². The van der Waals surface area contributed by atoms with E-state index in [0.29, 0.717) is 22.3 Å². The Kier molecular flexibility index (Phi) is 4.48. The van der Waals surface area contributed by atoms with Gasteiger partial charge in [-0.1, -0.05) is 24.1 Å². The van der Waals surface area contributed by atoms with Crippen molar-refractivity contribution in [3.05, 3.63) is 64.1 Å². The topological polar surface area (TPSA) is 62.0 Å². The number of aromatic nitrogens is 1. The van der Waals surface area contributed by atoms with Gasteiger partial charge in [-0.3, -0.25) is 9.59 Å². The number of carbonyl (C=O) groups excluding carboxylic acids is 2. The number of fused-ring (bicyclic) bond motifs is 1. The third-order valence-electron chi connectivity index (χ3n) is 5.15. The molecule has 1 amide bonds. The summed E-state index contributed by atoms with van der Waals surface area (Å²) in [4.78, 5) is 28.4. The number of nitrogens with one attached hydrogen (secondary N) is 2. The first-order valence-corrected chi connectivity index (χ1v) is 9.25. The molecule has 1 fully saturated rings. The summed E-state index contributed by atoms with van der Waals surface area (Å²) in [6.07, 6.45) is 2.90. The third-order valence-corrected chi connectivity index (χ3v) is 5.46. The number of hydrogen-bond donors (Lipinski definition) is 2. The van der Waals surface area contributed by atoms with E-state index in [1.807, 2.05) is 0 Å². The Hall–Kier alpha value is -2.66. The standard InChI is InChI=1S/C21H18ClFN2O2/c1-11-18(20(26)19-15(22)6-3-7-16(19)23)14-10-13(8-9-17(14)24-11)25-21(27)12-4-2-5-12/h3,6-10,12,24H,2,4-5H2,1H3,(H,25,27). The van der Waals surface area contributed by atoms with Gasteiger partial charge < -0.3 is 10.3 Å². The lowest BCUT2D eigenvalue weighted by atomic mass is 9.85. The summed E-state index contributed by atoms with van der Waals surface area (Å²) in [6, 6.07) is 9.51. The van der Waals surface area contributed by atoms with Gasteiger partial charge in [-0.15, -0.1) is 0 Å². The number of amides is 1. The van der Waals surface area contributed by atoms with Gasteiger partial charge >= 0.3 is 0 Å². The molecule has 3 aromatic rings.